The minimum absolute atomic E-state index is 0.126. The smallest absolute Gasteiger partial charge is 0.00266 e. The predicted octanol–water partition coefficient (Wildman–Crippen LogP) is 5.56. The second-order valence-electron chi connectivity index (χ2n) is 9.61. The first-order valence-electron chi connectivity index (χ1n) is 9.55. The standard InChI is InChI=1S/C26H28/c1-25(2,3)20-14-19(15-21(16-20)26(4,5)6)24-22-11-7-9-17(22)13-18-10-8-12-23(18)24/h7-16H,1-6H3. The molecule has 0 N–H and O–H groups in total. The van der Waals surface area contributed by atoms with Crippen LogP contribution in [0.15, 0.2) is 36.4 Å². The van der Waals surface area contributed by atoms with Crippen molar-refractivity contribution < 1.29 is 0 Å². The molecule has 4 rings (SSSR count). The predicted molar refractivity (Wildman–Crippen MR) is 116 cm³/mol. The van der Waals surface area contributed by atoms with Crippen molar-refractivity contribution in [3.63, 3.8) is 0 Å². The summed E-state index contributed by atoms with van der Waals surface area (Å²) in [6, 6.07) is 9.52. The molecule has 2 aromatic rings. The molecule has 0 saturated carbocycles. The lowest BCUT2D eigenvalue weighted by molar-refractivity contribution is 0.569. The Morgan fingerprint density at radius 2 is 1.27 bits per heavy atom. The minimum atomic E-state index is 0.126. The second-order valence-corrected chi connectivity index (χ2v) is 9.61. The molecule has 0 nitrogen and oxygen atoms in total. The van der Waals surface area contributed by atoms with Gasteiger partial charge in [-0.15, -0.1) is 0 Å². The van der Waals surface area contributed by atoms with E-state index in [0.29, 0.717) is 0 Å². The highest BCUT2D eigenvalue weighted by atomic mass is 14.3. The van der Waals surface area contributed by atoms with Gasteiger partial charge in [0.2, 0.25) is 0 Å². The van der Waals surface area contributed by atoms with Crippen LogP contribution in [-0.2, 0) is 10.8 Å². The van der Waals surface area contributed by atoms with Crippen LogP contribution in [0.25, 0.3) is 35.4 Å². The molecule has 0 amide bonds. The lowest BCUT2D eigenvalue weighted by Crippen LogP contribution is -2.20. The van der Waals surface area contributed by atoms with Gasteiger partial charge in [0.25, 0.3) is 0 Å². The van der Waals surface area contributed by atoms with E-state index in [1.165, 1.54) is 43.8 Å². The molecule has 0 heterocycles. The number of allylic oxidation sites excluding steroid dienone is 2. The van der Waals surface area contributed by atoms with Gasteiger partial charge in [-0.05, 0) is 60.7 Å². The zero-order valence-electron chi connectivity index (χ0n) is 16.8. The number of fused-ring (bicyclic) bond motifs is 2. The van der Waals surface area contributed by atoms with E-state index in [-0.39, 0.29) is 10.8 Å². The van der Waals surface area contributed by atoms with Gasteiger partial charge in [0.15, 0.2) is 0 Å². The monoisotopic (exact) mass is 340 g/mol. The molecule has 0 aromatic heterocycles. The van der Waals surface area contributed by atoms with Crippen LogP contribution in [0.5, 0.6) is 0 Å². The fraction of sp³-hybridized carbons (Fsp3) is 0.308. The molecule has 0 unspecified atom stereocenters. The third-order valence-corrected chi connectivity index (χ3v) is 5.50. The van der Waals surface area contributed by atoms with Crippen LogP contribution in [0.4, 0.5) is 0 Å². The second kappa shape index (κ2) is 5.58. The van der Waals surface area contributed by atoms with E-state index in [1.54, 1.807) is 0 Å². The molecular weight excluding hydrogens is 312 g/mol. The van der Waals surface area contributed by atoms with Crippen LogP contribution >= 0.6 is 0 Å². The Morgan fingerprint density at radius 3 is 1.88 bits per heavy atom. The molecule has 0 aliphatic heterocycles. The van der Waals surface area contributed by atoms with Crippen molar-refractivity contribution in [3.8, 4) is 11.1 Å². The maximum absolute atomic E-state index is 2.41. The lowest BCUT2D eigenvalue weighted by Gasteiger charge is -2.26. The summed E-state index contributed by atoms with van der Waals surface area (Å²) in [5.74, 6) is 0. The van der Waals surface area contributed by atoms with Crippen molar-refractivity contribution in [1.82, 2.24) is 0 Å². The fourth-order valence-corrected chi connectivity index (χ4v) is 3.84. The molecule has 0 spiro atoms. The van der Waals surface area contributed by atoms with Crippen LogP contribution in [-0.4, -0.2) is 0 Å². The summed E-state index contributed by atoms with van der Waals surface area (Å²) in [4.78, 5) is 0. The molecule has 0 heteroatoms. The Hall–Kier alpha value is -2.34. The van der Waals surface area contributed by atoms with E-state index >= 15 is 0 Å². The van der Waals surface area contributed by atoms with Crippen LogP contribution in [0.1, 0.15) is 63.8 Å². The van der Waals surface area contributed by atoms with Gasteiger partial charge >= 0.3 is 0 Å². The van der Waals surface area contributed by atoms with Crippen molar-refractivity contribution >= 4 is 24.3 Å². The Balaban J connectivity index is 2.08. The van der Waals surface area contributed by atoms with Crippen molar-refractivity contribution in [2.45, 2.75) is 52.4 Å². The van der Waals surface area contributed by atoms with Crippen LogP contribution in [0, 0.1) is 0 Å². The van der Waals surface area contributed by atoms with Crippen LogP contribution in [0.3, 0.4) is 0 Å². The highest BCUT2D eigenvalue weighted by Crippen LogP contribution is 2.34. The summed E-state index contributed by atoms with van der Waals surface area (Å²) in [5.41, 5.74) is 8.47. The number of hydrogen-bond donors (Lipinski definition) is 0. The Morgan fingerprint density at radius 1 is 0.654 bits per heavy atom. The van der Waals surface area contributed by atoms with Gasteiger partial charge in [-0.2, -0.15) is 0 Å². The SMILES string of the molecule is CC(C)(C)c1cc(-c2c3c(cc4c2=CC=C4)=CC=C3)cc(C(C)(C)C)c1. The molecule has 0 bridgehead atoms. The molecule has 2 aliphatic rings. The molecule has 0 fully saturated rings. The zero-order chi connectivity index (χ0) is 18.7. The first kappa shape index (κ1) is 17.1. The number of benzene rings is 2. The third-order valence-electron chi connectivity index (χ3n) is 5.50. The highest BCUT2D eigenvalue weighted by molar-refractivity contribution is 5.87. The highest BCUT2D eigenvalue weighted by Gasteiger charge is 2.22. The van der Waals surface area contributed by atoms with E-state index < -0.39 is 0 Å². The quantitative estimate of drug-likeness (QED) is 0.637. The summed E-state index contributed by atoms with van der Waals surface area (Å²) in [7, 11) is 0. The van der Waals surface area contributed by atoms with Gasteiger partial charge in [0.1, 0.15) is 0 Å². The largest absolute Gasteiger partial charge is 0.0610 e. The van der Waals surface area contributed by atoms with Gasteiger partial charge < -0.3 is 0 Å². The Kier molecular flexibility index (Phi) is 3.67. The average molecular weight is 341 g/mol. The summed E-state index contributed by atoms with van der Waals surface area (Å²) in [5, 5.41) is 2.69. The first-order valence-corrected chi connectivity index (χ1v) is 9.55. The number of hydrogen-bond acceptors (Lipinski definition) is 0. The van der Waals surface area contributed by atoms with Crippen molar-refractivity contribution in [2.24, 2.45) is 0 Å². The van der Waals surface area contributed by atoms with Gasteiger partial charge in [-0.1, -0.05) is 96.2 Å². The molecule has 0 saturated heterocycles. The van der Waals surface area contributed by atoms with E-state index in [0.717, 1.165) is 0 Å². The summed E-state index contributed by atoms with van der Waals surface area (Å²) in [6.07, 6.45) is 13.3. The maximum Gasteiger partial charge on any atom is -0.00266 e. The van der Waals surface area contributed by atoms with E-state index in [9.17, 15) is 0 Å². The Bertz CT molecular complexity index is 1040. The van der Waals surface area contributed by atoms with Gasteiger partial charge in [0.05, 0.1) is 0 Å². The number of rotatable bonds is 1. The van der Waals surface area contributed by atoms with E-state index in [4.69, 9.17) is 0 Å². The normalized spacial score (nSPS) is 14.8. The summed E-state index contributed by atoms with van der Waals surface area (Å²) in [6.45, 7) is 13.8. The Labute approximate surface area is 157 Å². The zero-order valence-corrected chi connectivity index (χ0v) is 16.8. The van der Waals surface area contributed by atoms with Crippen molar-refractivity contribution in [2.75, 3.05) is 0 Å². The molecule has 2 aliphatic carbocycles. The van der Waals surface area contributed by atoms with E-state index in [2.05, 4.69) is 102 Å². The van der Waals surface area contributed by atoms with Gasteiger partial charge in [0, 0.05) is 0 Å². The van der Waals surface area contributed by atoms with Crippen molar-refractivity contribution in [3.05, 3.63) is 69.1 Å². The van der Waals surface area contributed by atoms with Gasteiger partial charge in [-0.3, -0.25) is 0 Å². The van der Waals surface area contributed by atoms with Gasteiger partial charge in [-0.25, -0.2) is 0 Å². The summed E-state index contributed by atoms with van der Waals surface area (Å²) >= 11 is 0. The molecular formula is C26H28. The molecule has 0 radical (unpaired) electrons. The molecule has 0 atom stereocenters. The third kappa shape index (κ3) is 2.78. The molecule has 2 aromatic carbocycles. The van der Waals surface area contributed by atoms with Crippen molar-refractivity contribution in [1.29, 1.82) is 0 Å². The minimum Gasteiger partial charge on any atom is -0.0610 e. The fourth-order valence-electron chi connectivity index (χ4n) is 3.84. The molecule has 132 valence electrons. The first-order chi connectivity index (χ1) is 12.1. The molecule has 26 heavy (non-hydrogen) atoms. The van der Waals surface area contributed by atoms with Crippen LogP contribution in [0.2, 0.25) is 0 Å². The maximum atomic E-state index is 2.41. The lowest BCUT2D eigenvalue weighted by atomic mass is 9.78. The topological polar surface area (TPSA) is 0 Å². The van der Waals surface area contributed by atoms with Crippen LogP contribution < -0.4 is 10.4 Å². The summed E-state index contributed by atoms with van der Waals surface area (Å²) < 4.78 is 0. The van der Waals surface area contributed by atoms with E-state index in [1.807, 2.05) is 0 Å². The average Bonchev–Trinajstić information content (AvgIpc) is 3.18.